The number of thioether (sulfide) groups is 1. The maximum Gasteiger partial charge on any atom is 0.355 e. The van der Waals surface area contributed by atoms with Crippen LogP contribution in [-0.2, 0) is 37.6 Å². The van der Waals surface area contributed by atoms with Gasteiger partial charge in [0.1, 0.15) is 23.0 Å². The van der Waals surface area contributed by atoms with Gasteiger partial charge in [-0.2, -0.15) is 5.10 Å². The SMILES string of the molecule is CCOC(=O)c1c(CCCOc2cc(SCc3ccc(OC)cc3)cc3cc(F)ccc23)c2ccc(Cl)c(-c3c(CN)nn(C)c3C)c2n1C. The molecule has 0 spiro atoms. The highest BCUT2D eigenvalue weighted by Gasteiger charge is 2.27. The molecular formula is C39H40ClFN4O4S. The molecule has 0 unspecified atom stereocenters. The predicted molar refractivity (Wildman–Crippen MR) is 199 cm³/mol. The summed E-state index contributed by atoms with van der Waals surface area (Å²) in [7, 11) is 5.39. The number of nitrogens with zero attached hydrogens (tertiary/aromatic N) is 3. The van der Waals surface area contributed by atoms with E-state index < -0.39 is 5.97 Å². The van der Waals surface area contributed by atoms with E-state index in [1.54, 1.807) is 36.5 Å². The summed E-state index contributed by atoms with van der Waals surface area (Å²) in [6.45, 7) is 4.64. The first kappa shape index (κ1) is 35.3. The molecule has 0 aliphatic heterocycles. The van der Waals surface area contributed by atoms with E-state index >= 15 is 0 Å². The lowest BCUT2D eigenvalue weighted by atomic mass is 9.98. The normalized spacial score (nSPS) is 11.4. The zero-order valence-electron chi connectivity index (χ0n) is 28.8. The van der Waals surface area contributed by atoms with Crippen LogP contribution in [0.2, 0.25) is 5.02 Å². The average molecular weight is 715 g/mol. The molecule has 11 heteroatoms. The molecule has 4 aromatic carbocycles. The Hall–Kier alpha value is -4.51. The minimum absolute atomic E-state index is 0.242. The van der Waals surface area contributed by atoms with E-state index in [0.29, 0.717) is 35.9 Å². The fourth-order valence-corrected chi connectivity index (χ4v) is 7.67. The van der Waals surface area contributed by atoms with Crippen LogP contribution in [-0.4, -0.2) is 40.6 Å². The Morgan fingerprint density at radius 3 is 2.50 bits per heavy atom. The van der Waals surface area contributed by atoms with Gasteiger partial charge >= 0.3 is 5.97 Å². The third-order valence-electron chi connectivity index (χ3n) is 8.97. The summed E-state index contributed by atoms with van der Waals surface area (Å²) in [5.41, 5.74) is 12.7. The predicted octanol–water partition coefficient (Wildman–Crippen LogP) is 8.78. The van der Waals surface area contributed by atoms with Gasteiger partial charge in [0.05, 0.1) is 36.6 Å². The minimum atomic E-state index is -0.402. The van der Waals surface area contributed by atoms with Gasteiger partial charge in [-0.3, -0.25) is 4.68 Å². The van der Waals surface area contributed by atoms with Gasteiger partial charge < -0.3 is 24.5 Å². The number of fused-ring (bicyclic) bond motifs is 2. The van der Waals surface area contributed by atoms with Crippen molar-refractivity contribution in [2.24, 2.45) is 19.8 Å². The van der Waals surface area contributed by atoms with E-state index in [0.717, 1.165) is 71.7 Å². The standard InChI is InChI=1S/C39H40ClFN4O4S/c1-6-48-39(46)38-30(31-15-16-32(40)36(37(31)44(38)3)35-23(2)45(4)43-33(35)21-42)8-7-17-49-34-20-28(19-25-18-26(41)11-14-29(25)34)50-22-24-9-12-27(47-5)13-10-24/h9-16,18-20H,6-8,17,21-22,42H2,1-5H3. The minimum Gasteiger partial charge on any atom is -0.497 e. The second kappa shape index (κ2) is 15.2. The lowest BCUT2D eigenvalue weighted by Crippen LogP contribution is -2.13. The van der Waals surface area contributed by atoms with E-state index in [4.69, 9.17) is 31.5 Å². The van der Waals surface area contributed by atoms with Crippen LogP contribution in [0.25, 0.3) is 32.8 Å². The molecule has 2 N–H and O–H groups in total. The fraction of sp³-hybridized carbons (Fsp3) is 0.282. The monoisotopic (exact) mass is 714 g/mol. The summed E-state index contributed by atoms with van der Waals surface area (Å²) in [4.78, 5) is 14.4. The Morgan fingerprint density at radius 1 is 1.02 bits per heavy atom. The molecule has 6 rings (SSSR count). The van der Waals surface area contributed by atoms with Crippen molar-refractivity contribution in [3.05, 3.63) is 106 Å². The zero-order chi connectivity index (χ0) is 35.5. The summed E-state index contributed by atoms with van der Waals surface area (Å²) >= 11 is 8.55. The highest BCUT2D eigenvalue weighted by Crippen LogP contribution is 2.42. The van der Waals surface area contributed by atoms with Crippen molar-refractivity contribution in [3.63, 3.8) is 0 Å². The molecule has 0 amide bonds. The highest BCUT2D eigenvalue weighted by atomic mass is 35.5. The number of rotatable bonds is 13. The van der Waals surface area contributed by atoms with Crippen LogP contribution < -0.4 is 15.2 Å². The zero-order valence-corrected chi connectivity index (χ0v) is 30.4. The van der Waals surface area contributed by atoms with Gasteiger partial charge in [-0.1, -0.05) is 29.8 Å². The first-order valence-electron chi connectivity index (χ1n) is 16.5. The highest BCUT2D eigenvalue weighted by molar-refractivity contribution is 7.98. The number of aromatic nitrogens is 3. The number of ether oxygens (including phenoxy) is 3. The quantitative estimate of drug-likeness (QED) is 0.0726. The van der Waals surface area contributed by atoms with Crippen molar-refractivity contribution in [2.75, 3.05) is 20.3 Å². The van der Waals surface area contributed by atoms with Gasteiger partial charge in [-0.25, -0.2) is 9.18 Å². The van der Waals surface area contributed by atoms with E-state index in [2.05, 4.69) is 5.10 Å². The summed E-state index contributed by atoms with van der Waals surface area (Å²) in [6.07, 6.45) is 1.15. The van der Waals surface area contributed by atoms with Crippen molar-refractivity contribution in [2.45, 2.75) is 43.9 Å². The van der Waals surface area contributed by atoms with Gasteiger partial charge in [0.25, 0.3) is 0 Å². The van der Waals surface area contributed by atoms with Crippen molar-refractivity contribution in [3.8, 4) is 22.6 Å². The average Bonchev–Trinajstić information content (AvgIpc) is 3.56. The van der Waals surface area contributed by atoms with Gasteiger partial charge in [-0.05, 0) is 91.7 Å². The lowest BCUT2D eigenvalue weighted by molar-refractivity contribution is 0.0514. The van der Waals surface area contributed by atoms with Crippen molar-refractivity contribution in [1.29, 1.82) is 0 Å². The molecule has 0 atom stereocenters. The van der Waals surface area contributed by atoms with Crippen LogP contribution in [0.4, 0.5) is 4.39 Å². The molecule has 50 heavy (non-hydrogen) atoms. The number of hydrogen-bond donors (Lipinski definition) is 1. The Bertz CT molecular complexity index is 2200. The van der Waals surface area contributed by atoms with E-state index in [9.17, 15) is 9.18 Å². The Morgan fingerprint density at radius 2 is 1.78 bits per heavy atom. The van der Waals surface area contributed by atoms with Crippen LogP contribution in [0.3, 0.4) is 0 Å². The number of esters is 1. The first-order valence-corrected chi connectivity index (χ1v) is 17.8. The molecule has 2 aromatic heterocycles. The van der Waals surface area contributed by atoms with Gasteiger partial charge in [-0.15, -0.1) is 11.8 Å². The smallest absolute Gasteiger partial charge is 0.355 e. The number of aryl methyl sites for hydroxylation is 3. The fourth-order valence-electron chi connectivity index (χ4n) is 6.50. The van der Waals surface area contributed by atoms with Crippen molar-refractivity contribution >= 4 is 51.0 Å². The number of benzene rings is 4. The molecule has 0 aliphatic carbocycles. The molecule has 2 heterocycles. The Labute approximate surface area is 300 Å². The molecule has 0 radical (unpaired) electrons. The second-order valence-corrected chi connectivity index (χ2v) is 13.5. The maximum absolute atomic E-state index is 14.3. The summed E-state index contributed by atoms with van der Waals surface area (Å²) in [6, 6.07) is 20.5. The molecule has 0 bridgehead atoms. The molecule has 0 fully saturated rings. The molecule has 0 saturated heterocycles. The Balaban J connectivity index is 1.30. The summed E-state index contributed by atoms with van der Waals surface area (Å²) < 4.78 is 35.2. The number of carbonyl (C=O) groups is 1. The van der Waals surface area contributed by atoms with Crippen LogP contribution >= 0.6 is 23.4 Å². The van der Waals surface area contributed by atoms with Crippen LogP contribution in [0.1, 0.15) is 46.3 Å². The maximum atomic E-state index is 14.3. The third kappa shape index (κ3) is 6.92. The van der Waals surface area contributed by atoms with Crippen molar-refractivity contribution < 1.29 is 23.4 Å². The summed E-state index contributed by atoms with van der Waals surface area (Å²) in [5.74, 6) is 1.52. The van der Waals surface area contributed by atoms with E-state index in [1.807, 2.05) is 74.1 Å². The van der Waals surface area contributed by atoms with Gasteiger partial charge in [0, 0.05) is 58.9 Å². The van der Waals surface area contributed by atoms with E-state index in [-0.39, 0.29) is 19.0 Å². The number of halogens is 2. The largest absolute Gasteiger partial charge is 0.497 e. The second-order valence-electron chi connectivity index (χ2n) is 12.0. The van der Waals surface area contributed by atoms with E-state index in [1.165, 1.54) is 12.1 Å². The first-order chi connectivity index (χ1) is 24.1. The van der Waals surface area contributed by atoms with Crippen molar-refractivity contribution in [1.82, 2.24) is 14.3 Å². The molecular weight excluding hydrogens is 675 g/mol. The van der Waals surface area contributed by atoms with Crippen LogP contribution in [0, 0.1) is 12.7 Å². The number of carbonyl (C=O) groups excluding carboxylic acids is 1. The third-order valence-corrected chi connectivity index (χ3v) is 10.3. The van der Waals surface area contributed by atoms with Crippen LogP contribution in [0.15, 0.2) is 71.6 Å². The van der Waals surface area contributed by atoms with Gasteiger partial charge in [0.15, 0.2) is 0 Å². The summed E-state index contributed by atoms with van der Waals surface area (Å²) in [5, 5.41) is 7.67. The Kier molecular flexibility index (Phi) is 10.7. The number of methoxy groups -OCH3 is 1. The number of hydrogen-bond acceptors (Lipinski definition) is 7. The lowest BCUT2D eigenvalue weighted by Gasteiger charge is -2.13. The van der Waals surface area contributed by atoms with Gasteiger partial charge in [0.2, 0.25) is 0 Å². The molecule has 0 saturated carbocycles. The number of nitrogens with two attached hydrogens (primary N) is 1. The topological polar surface area (TPSA) is 93.5 Å². The van der Waals surface area contributed by atoms with Crippen LogP contribution in [0.5, 0.6) is 11.5 Å². The molecule has 260 valence electrons. The molecule has 8 nitrogen and oxygen atoms in total. The molecule has 6 aromatic rings. The molecule has 0 aliphatic rings.